The maximum absolute atomic E-state index is 6.41. The lowest BCUT2D eigenvalue weighted by atomic mass is 10.0. The number of para-hydroxylation sites is 2. The van der Waals surface area contributed by atoms with E-state index in [1.807, 2.05) is 48.5 Å². The highest BCUT2D eigenvalue weighted by Gasteiger charge is 2.30. The van der Waals surface area contributed by atoms with Gasteiger partial charge in [-0.3, -0.25) is 0 Å². The van der Waals surface area contributed by atoms with E-state index in [-0.39, 0.29) is 0 Å². The number of anilines is 3. The molecule has 0 saturated heterocycles. The van der Waals surface area contributed by atoms with Gasteiger partial charge in [-0.05, 0) is 60.0 Å². The van der Waals surface area contributed by atoms with E-state index in [1.54, 1.807) is 0 Å². The average molecular weight is 527 g/mol. The second kappa shape index (κ2) is 8.44. The summed E-state index contributed by atoms with van der Waals surface area (Å²) in [4.78, 5) is 7.35. The Kier molecular flexibility index (Phi) is 4.58. The van der Waals surface area contributed by atoms with Gasteiger partial charge in [0, 0.05) is 38.8 Å². The summed E-state index contributed by atoms with van der Waals surface area (Å²) in [6.45, 7) is 0. The van der Waals surface area contributed by atoms with E-state index < -0.39 is 0 Å². The van der Waals surface area contributed by atoms with Gasteiger partial charge >= 0.3 is 0 Å². The number of hydrogen-bond donors (Lipinski definition) is 0. The molecule has 6 aromatic carbocycles. The molecule has 9 rings (SSSR count). The minimum Gasteiger partial charge on any atom is -0.456 e. The molecule has 0 amide bonds. The van der Waals surface area contributed by atoms with E-state index in [1.165, 1.54) is 5.39 Å². The van der Waals surface area contributed by atoms with Crippen LogP contribution in [0.5, 0.6) is 0 Å². The highest BCUT2D eigenvalue weighted by molar-refractivity contribution is 6.17. The van der Waals surface area contributed by atoms with Crippen molar-refractivity contribution >= 4 is 49.8 Å². The van der Waals surface area contributed by atoms with Gasteiger partial charge in [0.1, 0.15) is 16.9 Å². The molecule has 1 aliphatic rings. The van der Waals surface area contributed by atoms with Gasteiger partial charge in [-0.1, -0.05) is 78.9 Å². The van der Waals surface area contributed by atoms with Crippen molar-refractivity contribution in [1.82, 2.24) is 4.98 Å². The van der Waals surface area contributed by atoms with Crippen LogP contribution in [0.1, 0.15) is 0 Å². The normalized spacial score (nSPS) is 11.9. The van der Waals surface area contributed by atoms with Crippen LogP contribution in [0.3, 0.4) is 0 Å². The molecule has 0 bridgehead atoms. The van der Waals surface area contributed by atoms with Gasteiger partial charge in [-0.15, -0.1) is 0 Å². The maximum atomic E-state index is 6.41. The first-order chi connectivity index (χ1) is 20.3. The topological polar surface area (TPSA) is 42.4 Å². The van der Waals surface area contributed by atoms with Crippen LogP contribution in [0.15, 0.2) is 142 Å². The number of aromatic nitrogens is 1. The van der Waals surface area contributed by atoms with E-state index in [0.29, 0.717) is 5.89 Å². The number of nitrogens with zero attached hydrogens (tertiary/aromatic N) is 2. The van der Waals surface area contributed by atoms with Crippen LogP contribution in [0.2, 0.25) is 0 Å². The van der Waals surface area contributed by atoms with Crippen LogP contribution in [-0.4, -0.2) is 4.98 Å². The second-order valence-corrected chi connectivity index (χ2v) is 10.4. The summed E-state index contributed by atoms with van der Waals surface area (Å²) in [7, 11) is 0. The van der Waals surface area contributed by atoms with Gasteiger partial charge in [-0.2, -0.15) is 0 Å². The monoisotopic (exact) mass is 526 g/mol. The van der Waals surface area contributed by atoms with Crippen molar-refractivity contribution in [3.05, 3.63) is 133 Å². The van der Waals surface area contributed by atoms with Crippen molar-refractivity contribution in [3.8, 4) is 34.0 Å². The lowest BCUT2D eigenvalue weighted by Gasteiger charge is -2.27. The van der Waals surface area contributed by atoms with Crippen LogP contribution in [0, 0.1) is 0 Å². The molecule has 0 aliphatic heterocycles. The fourth-order valence-corrected chi connectivity index (χ4v) is 6.25. The van der Waals surface area contributed by atoms with E-state index in [2.05, 4.69) is 89.8 Å². The summed E-state index contributed by atoms with van der Waals surface area (Å²) < 4.78 is 12.7. The number of hydrogen-bond acceptors (Lipinski definition) is 4. The molecule has 2 heterocycles. The van der Waals surface area contributed by atoms with Crippen LogP contribution < -0.4 is 4.90 Å². The van der Waals surface area contributed by atoms with Gasteiger partial charge in [-0.25, -0.2) is 4.98 Å². The Hall–Kier alpha value is -5.61. The maximum Gasteiger partial charge on any atom is 0.227 e. The number of benzene rings is 6. The SMILES string of the molecule is c1ccc(-c2nc3c(o2)-c2cccc4cc(N(c5ccccc5)c5cccc6oc7ccccc7c56)cc-3c24)cc1. The summed E-state index contributed by atoms with van der Waals surface area (Å²) in [5.74, 6) is 1.47. The van der Waals surface area contributed by atoms with Gasteiger partial charge in [0.15, 0.2) is 5.76 Å². The van der Waals surface area contributed by atoms with Gasteiger partial charge in [0.2, 0.25) is 5.89 Å². The standard InChI is InChI=1S/C37H22N2O2/c1-3-11-23(12-4-1)37-38-35-29-22-26(21-24-13-9-17-28(33(24)29)36(35)41-37)39(25-14-5-2-6-15-25)30-18-10-20-32-34(30)27-16-7-8-19-31(27)40-32/h1-22H. The summed E-state index contributed by atoms with van der Waals surface area (Å²) in [5.41, 5.74) is 8.94. The Labute approximate surface area is 235 Å². The third kappa shape index (κ3) is 3.25. The van der Waals surface area contributed by atoms with Crippen LogP contribution in [-0.2, 0) is 0 Å². The van der Waals surface area contributed by atoms with Crippen molar-refractivity contribution < 1.29 is 8.83 Å². The molecule has 0 spiro atoms. The van der Waals surface area contributed by atoms with Crippen molar-refractivity contribution in [1.29, 1.82) is 0 Å². The summed E-state index contributed by atoms with van der Waals surface area (Å²) in [5, 5.41) is 4.51. The molecule has 0 N–H and O–H groups in total. The third-order valence-corrected chi connectivity index (χ3v) is 8.00. The Morgan fingerprint density at radius 1 is 0.537 bits per heavy atom. The predicted molar refractivity (Wildman–Crippen MR) is 166 cm³/mol. The molecule has 8 aromatic rings. The Morgan fingerprint density at radius 2 is 1.29 bits per heavy atom. The van der Waals surface area contributed by atoms with E-state index >= 15 is 0 Å². The van der Waals surface area contributed by atoms with Gasteiger partial charge < -0.3 is 13.7 Å². The molecular weight excluding hydrogens is 504 g/mol. The molecule has 0 saturated carbocycles. The molecule has 192 valence electrons. The molecule has 41 heavy (non-hydrogen) atoms. The highest BCUT2D eigenvalue weighted by Crippen LogP contribution is 2.51. The van der Waals surface area contributed by atoms with Crippen molar-refractivity contribution in [3.63, 3.8) is 0 Å². The first-order valence-electron chi connectivity index (χ1n) is 13.7. The molecule has 4 nitrogen and oxygen atoms in total. The number of oxazole rings is 1. The number of rotatable bonds is 4. The zero-order valence-corrected chi connectivity index (χ0v) is 21.9. The van der Waals surface area contributed by atoms with E-state index in [9.17, 15) is 0 Å². The number of fused-ring (bicyclic) bond motifs is 6. The fraction of sp³-hybridized carbons (Fsp3) is 0. The molecule has 2 aromatic heterocycles. The molecule has 0 fully saturated rings. The summed E-state index contributed by atoms with van der Waals surface area (Å²) in [6, 6.07) is 46.0. The van der Waals surface area contributed by atoms with Crippen molar-refractivity contribution in [2.45, 2.75) is 0 Å². The lowest BCUT2D eigenvalue weighted by Crippen LogP contribution is -2.10. The predicted octanol–water partition coefficient (Wildman–Crippen LogP) is 10.5. The Morgan fingerprint density at radius 3 is 2.17 bits per heavy atom. The van der Waals surface area contributed by atoms with Crippen molar-refractivity contribution in [2.24, 2.45) is 0 Å². The summed E-state index contributed by atoms with van der Waals surface area (Å²) >= 11 is 0. The molecule has 1 aliphatic carbocycles. The minimum absolute atomic E-state index is 0.637. The molecule has 4 heteroatoms. The quantitative estimate of drug-likeness (QED) is 0.229. The van der Waals surface area contributed by atoms with E-state index in [0.717, 1.165) is 72.5 Å². The zero-order chi connectivity index (χ0) is 26.9. The van der Waals surface area contributed by atoms with Gasteiger partial charge in [0.25, 0.3) is 0 Å². The van der Waals surface area contributed by atoms with Crippen molar-refractivity contribution in [2.75, 3.05) is 4.90 Å². The molecule has 0 atom stereocenters. The first-order valence-corrected chi connectivity index (χ1v) is 13.7. The van der Waals surface area contributed by atoms with Crippen LogP contribution in [0.25, 0.3) is 66.7 Å². The Balaban J connectivity index is 1.32. The molecule has 0 radical (unpaired) electrons. The van der Waals surface area contributed by atoms with Crippen LogP contribution in [0.4, 0.5) is 17.1 Å². The molecule has 0 unspecified atom stereocenters. The smallest absolute Gasteiger partial charge is 0.227 e. The van der Waals surface area contributed by atoms with Gasteiger partial charge in [0.05, 0.1) is 11.1 Å². The molecular formula is C37H22N2O2. The fourth-order valence-electron chi connectivity index (χ4n) is 6.25. The van der Waals surface area contributed by atoms with E-state index in [4.69, 9.17) is 13.8 Å². The average Bonchev–Trinajstić information content (AvgIpc) is 3.71. The minimum atomic E-state index is 0.637. The second-order valence-electron chi connectivity index (χ2n) is 10.4. The number of furan rings is 1. The first kappa shape index (κ1) is 22.2. The largest absolute Gasteiger partial charge is 0.456 e. The highest BCUT2D eigenvalue weighted by atomic mass is 16.4. The Bertz CT molecular complexity index is 2260. The summed E-state index contributed by atoms with van der Waals surface area (Å²) in [6.07, 6.45) is 0. The van der Waals surface area contributed by atoms with Crippen LogP contribution >= 0.6 is 0 Å². The zero-order valence-electron chi connectivity index (χ0n) is 21.9. The third-order valence-electron chi connectivity index (χ3n) is 8.00. The lowest BCUT2D eigenvalue weighted by molar-refractivity contribution is 0.590.